The lowest BCUT2D eigenvalue weighted by atomic mass is 10.1. The number of hydrogen-bond donors (Lipinski definition) is 1. The Morgan fingerprint density at radius 3 is 2.39 bits per heavy atom. The highest BCUT2D eigenvalue weighted by atomic mass is 35.5. The molecule has 1 aromatic heterocycles. The highest BCUT2D eigenvalue weighted by molar-refractivity contribution is 6.30. The maximum atomic E-state index is 12.4. The third-order valence-electron chi connectivity index (χ3n) is 4.03. The molecule has 2 aromatic carbocycles. The third-order valence-corrected chi connectivity index (χ3v) is 4.26. The second-order valence-corrected chi connectivity index (χ2v) is 6.24. The molecule has 146 valence electrons. The molecule has 7 nitrogen and oxygen atoms in total. The summed E-state index contributed by atoms with van der Waals surface area (Å²) in [5.41, 5.74) is 1.69. The van der Waals surface area contributed by atoms with Crippen LogP contribution in [0.4, 0.5) is 0 Å². The second kappa shape index (κ2) is 8.67. The van der Waals surface area contributed by atoms with Gasteiger partial charge < -0.3 is 24.1 Å². The Hall–Kier alpha value is -3.19. The molecule has 0 aliphatic heterocycles. The lowest BCUT2D eigenvalue weighted by Crippen LogP contribution is -2.23. The molecule has 3 aromatic rings. The third kappa shape index (κ3) is 4.20. The van der Waals surface area contributed by atoms with Gasteiger partial charge in [-0.1, -0.05) is 28.9 Å². The van der Waals surface area contributed by atoms with Crippen molar-refractivity contribution < 1.29 is 23.5 Å². The Morgan fingerprint density at radius 1 is 1.07 bits per heavy atom. The van der Waals surface area contributed by atoms with Gasteiger partial charge in [0.1, 0.15) is 0 Å². The van der Waals surface area contributed by atoms with E-state index in [1.165, 1.54) is 21.3 Å². The van der Waals surface area contributed by atoms with Gasteiger partial charge in [0.2, 0.25) is 5.75 Å². The molecule has 0 saturated carbocycles. The molecule has 1 heterocycles. The summed E-state index contributed by atoms with van der Waals surface area (Å²) in [6.45, 7) is 0.245. The van der Waals surface area contributed by atoms with Crippen molar-refractivity contribution in [3.63, 3.8) is 0 Å². The van der Waals surface area contributed by atoms with Crippen LogP contribution in [-0.2, 0) is 6.54 Å². The van der Waals surface area contributed by atoms with Gasteiger partial charge in [-0.2, -0.15) is 0 Å². The van der Waals surface area contributed by atoms with E-state index in [2.05, 4.69) is 10.5 Å². The molecule has 28 heavy (non-hydrogen) atoms. The number of carbonyl (C=O) groups is 1. The number of nitrogens with one attached hydrogen (secondary N) is 1. The lowest BCUT2D eigenvalue weighted by molar-refractivity contribution is 0.0942. The predicted octanol–water partition coefficient (Wildman–Crippen LogP) is 3.95. The summed E-state index contributed by atoms with van der Waals surface area (Å²) in [5.74, 6) is 1.60. The van der Waals surface area contributed by atoms with Crippen LogP contribution in [0.25, 0.3) is 11.3 Å². The van der Waals surface area contributed by atoms with Crippen LogP contribution in [0.3, 0.4) is 0 Å². The van der Waals surface area contributed by atoms with Crippen LogP contribution in [0, 0.1) is 0 Å². The fourth-order valence-electron chi connectivity index (χ4n) is 2.67. The van der Waals surface area contributed by atoms with E-state index in [0.29, 0.717) is 28.0 Å². The molecular formula is C20H19ClN2O5. The maximum Gasteiger partial charge on any atom is 0.273 e. The lowest BCUT2D eigenvalue weighted by Gasteiger charge is -2.14. The van der Waals surface area contributed by atoms with Crippen molar-refractivity contribution >= 4 is 17.5 Å². The molecule has 0 saturated heterocycles. The molecule has 1 amide bonds. The topological polar surface area (TPSA) is 82.8 Å². The highest BCUT2D eigenvalue weighted by Crippen LogP contribution is 2.38. The number of halogens is 1. The fourth-order valence-corrected chi connectivity index (χ4v) is 2.86. The number of nitrogens with zero attached hydrogens (tertiary/aromatic N) is 1. The molecule has 8 heteroatoms. The number of methoxy groups -OCH3 is 3. The number of aromatic nitrogens is 1. The van der Waals surface area contributed by atoms with Crippen molar-refractivity contribution in [2.45, 2.75) is 6.54 Å². The Balaban J connectivity index is 1.73. The summed E-state index contributed by atoms with van der Waals surface area (Å²) in [4.78, 5) is 12.4. The van der Waals surface area contributed by atoms with E-state index in [4.69, 9.17) is 30.3 Å². The largest absolute Gasteiger partial charge is 0.493 e. The van der Waals surface area contributed by atoms with Crippen LogP contribution in [0.15, 0.2) is 47.0 Å². The molecule has 3 rings (SSSR count). The van der Waals surface area contributed by atoms with Crippen molar-refractivity contribution in [1.29, 1.82) is 0 Å². The minimum atomic E-state index is -0.370. The van der Waals surface area contributed by atoms with E-state index >= 15 is 0 Å². The van der Waals surface area contributed by atoms with Crippen molar-refractivity contribution in [2.75, 3.05) is 21.3 Å². The molecule has 0 bridgehead atoms. The molecule has 0 aliphatic rings. The van der Waals surface area contributed by atoms with E-state index in [9.17, 15) is 4.79 Å². The van der Waals surface area contributed by atoms with Gasteiger partial charge in [0.05, 0.1) is 21.3 Å². The van der Waals surface area contributed by atoms with Gasteiger partial charge in [-0.05, 0) is 29.8 Å². The van der Waals surface area contributed by atoms with Crippen LogP contribution in [-0.4, -0.2) is 32.4 Å². The van der Waals surface area contributed by atoms with E-state index in [1.54, 1.807) is 36.4 Å². The van der Waals surface area contributed by atoms with E-state index in [-0.39, 0.29) is 18.1 Å². The fraction of sp³-hybridized carbons (Fsp3) is 0.200. The Kier molecular flexibility index (Phi) is 6.06. The van der Waals surface area contributed by atoms with Crippen LogP contribution < -0.4 is 19.5 Å². The molecule has 0 radical (unpaired) electrons. The quantitative estimate of drug-likeness (QED) is 0.644. The van der Waals surface area contributed by atoms with Gasteiger partial charge >= 0.3 is 0 Å². The summed E-state index contributed by atoms with van der Waals surface area (Å²) >= 11 is 5.98. The SMILES string of the molecule is COc1cc(CNC(=O)c2cc(-c3cccc(Cl)c3)on2)cc(OC)c1OC. The molecular weight excluding hydrogens is 384 g/mol. The van der Waals surface area contributed by atoms with Crippen molar-refractivity contribution in [2.24, 2.45) is 0 Å². The first kappa shape index (κ1) is 19.6. The van der Waals surface area contributed by atoms with Crippen molar-refractivity contribution in [3.8, 4) is 28.6 Å². The summed E-state index contributed by atoms with van der Waals surface area (Å²) in [7, 11) is 4.60. The van der Waals surface area contributed by atoms with Crippen LogP contribution in [0.2, 0.25) is 5.02 Å². The van der Waals surface area contributed by atoms with Crippen molar-refractivity contribution in [3.05, 3.63) is 58.7 Å². The molecule has 0 aliphatic carbocycles. The zero-order valence-corrected chi connectivity index (χ0v) is 16.4. The number of amides is 1. The number of hydrogen-bond acceptors (Lipinski definition) is 6. The van der Waals surface area contributed by atoms with Gasteiger partial charge in [0, 0.05) is 23.2 Å². The average molecular weight is 403 g/mol. The van der Waals surface area contributed by atoms with Crippen LogP contribution in [0.1, 0.15) is 16.1 Å². The molecule has 1 N–H and O–H groups in total. The Bertz CT molecular complexity index is 961. The van der Waals surface area contributed by atoms with Crippen LogP contribution in [0.5, 0.6) is 17.2 Å². The minimum absolute atomic E-state index is 0.169. The first-order valence-corrected chi connectivity index (χ1v) is 8.73. The Morgan fingerprint density at radius 2 is 1.79 bits per heavy atom. The van der Waals surface area contributed by atoms with E-state index < -0.39 is 0 Å². The van der Waals surface area contributed by atoms with Gasteiger partial charge in [0.15, 0.2) is 23.0 Å². The van der Waals surface area contributed by atoms with Crippen molar-refractivity contribution in [1.82, 2.24) is 10.5 Å². The summed E-state index contributed by atoms with van der Waals surface area (Å²) in [6, 6.07) is 12.2. The highest BCUT2D eigenvalue weighted by Gasteiger charge is 2.16. The maximum absolute atomic E-state index is 12.4. The summed E-state index contributed by atoms with van der Waals surface area (Å²) < 4.78 is 21.2. The number of benzene rings is 2. The van der Waals surface area contributed by atoms with Gasteiger partial charge in [-0.25, -0.2) is 0 Å². The molecule has 0 atom stereocenters. The average Bonchev–Trinajstić information content (AvgIpc) is 3.21. The first-order chi connectivity index (χ1) is 13.5. The van der Waals surface area contributed by atoms with Gasteiger partial charge in [-0.3, -0.25) is 4.79 Å². The molecule has 0 fully saturated rings. The number of ether oxygens (including phenoxy) is 3. The van der Waals surface area contributed by atoms with Gasteiger partial charge in [-0.15, -0.1) is 0 Å². The summed E-state index contributed by atoms with van der Waals surface area (Å²) in [6.07, 6.45) is 0. The normalized spacial score (nSPS) is 10.4. The van der Waals surface area contributed by atoms with E-state index in [0.717, 1.165) is 11.1 Å². The number of carbonyl (C=O) groups excluding carboxylic acids is 1. The van der Waals surface area contributed by atoms with Gasteiger partial charge in [0.25, 0.3) is 5.91 Å². The predicted molar refractivity (Wildman–Crippen MR) is 104 cm³/mol. The van der Waals surface area contributed by atoms with E-state index in [1.807, 2.05) is 6.07 Å². The smallest absolute Gasteiger partial charge is 0.273 e. The zero-order chi connectivity index (χ0) is 20.1. The molecule has 0 unspecified atom stereocenters. The zero-order valence-electron chi connectivity index (χ0n) is 15.6. The monoisotopic (exact) mass is 402 g/mol. The summed E-state index contributed by atoms with van der Waals surface area (Å²) in [5, 5.41) is 7.19. The Labute approximate surface area is 167 Å². The standard InChI is InChI=1S/C20H19ClN2O5/c1-25-17-7-12(8-18(26-2)19(17)27-3)11-22-20(24)15-10-16(28-23-15)13-5-4-6-14(21)9-13/h4-10H,11H2,1-3H3,(H,22,24). The minimum Gasteiger partial charge on any atom is -0.493 e. The second-order valence-electron chi connectivity index (χ2n) is 5.80. The molecule has 0 spiro atoms. The first-order valence-electron chi connectivity index (χ1n) is 8.35. The number of rotatable bonds is 7. The van der Waals surface area contributed by atoms with Crippen LogP contribution >= 0.6 is 11.6 Å².